The van der Waals surface area contributed by atoms with Crippen molar-refractivity contribution in [3.8, 4) is 0 Å². The zero-order valence-electron chi connectivity index (χ0n) is 11.6. The Morgan fingerprint density at radius 3 is 2.70 bits per heavy atom. The van der Waals surface area contributed by atoms with Gasteiger partial charge in [-0.05, 0) is 48.9 Å². The van der Waals surface area contributed by atoms with Crippen LogP contribution in [0.2, 0.25) is 0 Å². The molecule has 3 heteroatoms. The van der Waals surface area contributed by atoms with Crippen LogP contribution < -0.4 is 5.32 Å². The van der Waals surface area contributed by atoms with Crippen molar-refractivity contribution in [3.05, 3.63) is 65.2 Å². The number of benzene rings is 1. The third-order valence-corrected chi connectivity index (χ3v) is 4.05. The van der Waals surface area contributed by atoms with E-state index in [-0.39, 0.29) is 5.82 Å². The predicted molar refractivity (Wildman–Crippen MR) is 78.0 cm³/mol. The number of hydrogen-bond donors (Lipinski definition) is 1. The predicted octanol–water partition coefficient (Wildman–Crippen LogP) is 3.56. The highest BCUT2D eigenvalue weighted by Crippen LogP contribution is 2.38. The zero-order valence-corrected chi connectivity index (χ0v) is 11.6. The summed E-state index contributed by atoms with van der Waals surface area (Å²) >= 11 is 0. The van der Waals surface area contributed by atoms with Gasteiger partial charge in [0.1, 0.15) is 5.82 Å². The van der Waals surface area contributed by atoms with Gasteiger partial charge in [0.2, 0.25) is 0 Å². The molecule has 1 fully saturated rings. The summed E-state index contributed by atoms with van der Waals surface area (Å²) in [6.07, 6.45) is 3.94. The Morgan fingerprint density at radius 2 is 2.00 bits per heavy atom. The minimum atomic E-state index is -0.0707. The highest BCUT2D eigenvalue weighted by Gasteiger charge is 2.31. The second-order valence-corrected chi connectivity index (χ2v) is 5.58. The van der Waals surface area contributed by atoms with Crippen LogP contribution >= 0.6 is 0 Å². The molecule has 0 amide bonds. The van der Waals surface area contributed by atoms with Crippen LogP contribution in [0.1, 0.15) is 35.6 Å². The van der Waals surface area contributed by atoms with Gasteiger partial charge in [-0.3, -0.25) is 4.98 Å². The van der Waals surface area contributed by atoms with Crippen LogP contribution in [-0.4, -0.2) is 11.0 Å². The van der Waals surface area contributed by atoms with Gasteiger partial charge in [0.15, 0.2) is 0 Å². The van der Waals surface area contributed by atoms with E-state index in [2.05, 4.69) is 16.4 Å². The van der Waals surface area contributed by atoms with Crippen molar-refractivity contribution < 1.29 is 4.39 Å². The summed E-state index contributed by atoms with van der Waals surface area (Å²) in [5.74, 6) is 0.295. The summed E-state index contributed by atoms with van der Waals surface area (Å²) < 4.78 is 13.6. The molecule has 0 saturated heterocycles. The van der Waals surface area contributed by atoms with Gasteiger partial charge in [0.05, 0.1) is 0 Å². The third kappa shape index (κ3) is 2.88. The summed E-state index contributed by atoms with van der Waals surface area (Å²) in [5.41, 5.74) is 3.10. The molecule has 1 aliphatic rings. The van der Waals surface area contributed by atoms with Gasteiger partial charge >= 0.3 is 0 Å². The molecule has 0 spiro atoms. The fourth-order valence-electron chi connectivity index (χ4n) is 2.71. The summed E-state index contributed by atoms with van der Waals surface area (Å²) in [6, 6.07) is 11.7. The van der Waals surface area contributed by atoms with Gasteiger partial charge in [-0.25, -0.2) is 4.39 Å². The van der Waals surface area contributed by atoms with E-state index in [1.807, 2.05) is 31.3 Å². The molecule has 1 N–H and O–H groups in total. The van der Waals surface area contributed by atoms with Crippen LogP contribution in [0.5, 0.6) is 0 Å². The maximum absolute atomic E-state index is 13.6. The topological polar surface area (TPSA) is 24.9 Å². The molecule has 0 radical (unpaired) electrons. The van der Waals surface area contributed by atoms with Crippen molar-refractivity contribution in [2.75, 3.05) is 0 Å². The first-order valence-electron chi connectivity index (χ1n) is 7.11. The van der Waals surface area contributed by atoms with Gasteiger partial charge in [0, 0.05) is 24.5 Å². The monoisotopic (exact) mass is 270 g/mol. The molecule has 2 aromatic rings. The lowest BCUT2D eigenvalue weighted by Gasteiger charge is -2.36. The average molecular weight is 270 g/mol. The summed E-state index contributed by atoms with van der Waals surface area (Å²) in [6.45, 7) is 2.82. The number of nitrogens with one attached hydrogen (secondary N) is 1. The van der Waals surface area contributed by atoms with Crippen LogP contribution in [0, 0.1) is 12.7 Å². The molecule has 0 bridgehead atoms. The molecule has 104 valence electrons. The van der Waals surface area contributed by atoms with Crippen molar-refractivity contribution in [3.63, 3.8) is 0 Å². The lowest BCUT2D eigenvalue weighted by Crippen LogP contribution is -2.39. The normalized spacial score (nSPS) is 21.5. The van der Waals surface area contributed by atoms with Crippen molar-refractivity contribution >= 4 is 0 Å². The molecule has 1 heterocycles. The van der Waals surface area contributed by atoms with E-state index < -0.39 is 0 Å². The van der Waals surface area contributed by atoms with E-state index in [1.54, 1.807) is 12.1 Å². The van der Waals surface area contributed by atoms with Crippen LogP contribution in [0.4, 0.5) is 4.39 Å². The molecule has 1 aromatic heterocycles. The van der Waals surface area contributed by atoms with Gasteiger partial charge in [-0.2, -0.15) is 0 Å². The number of halogens is 1. The Labute approximate surface area is 119 Å². The Kier molecular flexibility index (Phi) is 3.79. The molecule has 0 atom stereocenters. The Morgan fingerprint density at radius 1 is 1.20 bits per heavy atom. The van der Waals surface area contributed by atoms with Crippen molar-refractivity contribution in [1.82, 2.24) is 10.3 Å². The number of aromatic nitrogens is 1. The van der Waals surface area contributed by atoms with Gasteiger partial charge < -0.3 is 5.32 Å². The molecular weight excluding hydrogens is 251 g/mol. The number of hydrogen-bond acceptors (Lipinski definition) is 2. The fraction of sp³-hybridized carbons (Fsp3) is 0.353. The number of rotatable bonds is 4. The van der Waals surface area contributed by atoms with Crippen LogP contribution in [-0.2, 0) is 6.54 Å². The van der Waals surface area contributed by atoms with E-state index in [4.69, 9.17) is 0 Å². The smallest absolute Gasteiger partial charge is 0.126 e. The van der Waals surface area contributed by atoms with Crippen LogP contribution in [0.3, 0.4) is 0 Å². The van der Waals surface area contributed by atoms with Gasteiger partial charge in [-0.1, -0.05) is 24.3 Å². The zero-order chi connectivity index (χ0) is 13.9. The van der Waals surface area contributed by atoms with Crippen LogP contribution in [0.25, 0.3) is 0 Å². The van der Waals surface area contributed by atoms with Crippen molar-refractivity contribution in [2.24, 2.45) is 0 Å². The Hall–Kier alpha value is -1.74. The van der Waals surface area contributed by atoms with Crippen LogP contribution in [0.15, 0.2) is 42.6 Å². The second kappa shape index (κ2) is 5.71. The lowest BCUT2D eigenvalue weighted by molar-refractivity contribution is 0.284. The second-order valence-electron chi connectivity index (χ2n) is 5.58. The van der Waals surface area contributed by atoms with E-state index in [0.29, 0.717) is 12.0 Å². The standard InChI is InChI=1S/C17H19FN2/c1-12-6-7-13(10-19-12)11-20-15-8-14(9-15)16-4-2-3-5-17(16)18/h2-7,10,14-15,20H,8-9,11H2,1H3. The van der Waals surface area contributed by atoms with E-state index in [1.165, 1.54) is 5.56 Å². The van der Waals surface area contributed by atoms with Gasteiger partial charge in [-0.15, -0.1) is 0 Å². The van der Waals surface area contributed by atoms with Gasteiger partial charge in [0.25, 0.3) is 0 Å². The molecule has 0 aliphatic heterocycles. The number of pyridine rings is 1. The maximum atomic E-state index is 13.6. The molecule has 20 heavy (non-hydrogen) atoms. The minimum absolute atomic E-state index is 0.0707. The van der Waals surface area contributed by atoms with E-state index >= 15 is 0 Å². The first kappa shape index (κ1) is 13.3. The summed E-state index contributed by atoms with van der Waals surface area (Å²) in [5, 5.41) is 3.51. The average Bonchev–Trinajstić information content (AvgIpc) is 2.41. The molecule has 3 rings (SSSR count). The van der Waals surface area contributed by atoms with E-state index in [0.717, 1.165) is 30.6 Å². The molecular formula is C17H19FN2. The summed E-state index contributed by atoms with van der Waals surface area (Å²) in [4.78, 5) is 4.29. The molecule has 1 aliphatic carbocycles. The summed E-state index contributed by atoms with van der Waals surface area (Å²) in [7, 11) is 0. The minimum Gasteiger partial charge on any atom is -0.310 e. The highest BCUT2D eigenvalue weighted by atomic mass is 19.1. The Bertz CT molecular complexity index is 574. The Balaban J connectivity index is 1.49. The molecule has 0 unspecified atom stereocenters. The lowest BCUT2D eigenvalue weighted by atomic mass is 9.75. The molecule has 2 nitrogen and oxygen atoms in total. The first-order valence-corrected chi connectivity index (χ1v) is 7.11. The third-order valence-electron chi connectivity index (χ3n) is 4.05. The largest absolute Gasteiger partial charge is 0.310 e. The molecule has 1 saturated carbocycles. The SMILES string of the molecule is Cc1ccc(CNC2CC(c3ccccc3F)C2)cn1. The number of nitrogens with zero attached hydrogens (tertiary/aromatic N) is 1. The van der Waals surface area contributed by atoms with Crippen molar-refractivity contribution in [2.45, 2.75) is 38.3 Å². The van der Waals surface area contributed by atoms with Crippen molar-refractivity contribution in [1.29, 1.82) is 0 Å². The first-order chi connectivity index (χ1) is 9.72. The highest BCUT2D eigenvalue weighted by molar-refractivity contribution is 5.25. The quantitative estimate of drug-likeness (QED) is 0.918. The molecule has 1 aromatic carbocycles. The maximum Gasteiger partial charge on any atom is 0.126 e. The van der Waals surface area contributed by atoms with E-state index in [9.17, 15) is 4.39 Å². The fourth-order valence-corrected chi connectivity index (χ4v) is 2.71. The number of aryl methyl sites for hydroxylation is 1.